The van der Waals surface area contributed by atoms with Gasteiger partial charge in [-0.2, -0.15) is 0 Å². The van der Waals surface area contributed by atoms with Crippen LogP contribution in [0.3, 0.4) is 0 Å². The van der Waals surface area contributed by atoms with E-state index in [9.17, 15) is 9.90 Å². The zero-order valence-corrected chi connectivity index (χ0v) is 14.1. The maximum Gasteiger partial charge on any atom is 0.276 e. The molecule has 7 heteroatoms. The molecule has 1 amide bonds. The van der Waals surface area contributed by atoms with Crippen LogP contribution in [0.25, 0.3) is 0 Å². The summed E-state index contributed by atoms with van der Waals surface area (Å²) in [4.78, 5) is 14.3. The van der Waals surface area contributed by atoms with E-state index in [1.54, 1.807) is 19.1 Å². The van der Waals surface area contributed by atoms with Gasteiger partial charge in [0.25, 0.3) is 5.91 Å². The number of morpholine rings is 1. The summed E-state index contributed by atoms with van der Waals surface area (Å²) in [6.45, 7) is 3.59. The van der Waals surface area contributed by atoms with Crippen molar-refractivity contribution in [3.05, 3.63) is 48.2 Å². The number of hydrogen-bond acceptors (Lipinski definition) is 6. The molecule has 2 unspecified atom stereocenters. The molecule has 0 radical (unpaired) electrons. The van der Waals surface area contributed by atoms with Crippen LogP contribution in [0.5, 0.6) is 0 Å². The molecule has 2 atom stereocenters. The third-order valence-electron chi connectivity index (χ3n) is 4.05. The van der Waals surface area contributed by atoms with Crippen LogP contribution in [0.4, 0.5) is 11.5 Å². The van der Waals surface area contributed by atoms with Gasteiger partial charge in [0.05, 0.1) is 25.4 Å². The summed E-state index contributed by atoms with van der Waals surface area (Å²) in [5, 5.41) is 20.7. The van der Waals surface area contributed by atoms with Crippen LogP contribution in [0.2, 0.25) is 0 Å². The zero-order valence-electron chi connectivity index (χ0n) is 14.1. The summed E-state index contributed by atoms with van der Waals surface area (Å²) in [6, 6.07) is 12.7. The van der Waals surface area contributed by atoms with E-state index in [0.717, 1.165) is 0 Å². The molecule has 1 fully saturated rings. The fourth-order valence-corrected chi connectivity index (χ4v) is 2.86. The number of ether oxygens (including phenoxy) is 1. The number of hydrogen-bond donors (Lipinski definition) is 2. The molecule has 1 saturated heterocycles. The first-order valence-corrected chi connectivity index (χ1v) is 8.36. The van der Waals surface area contributed by atoms with E-state index < -0.39 is 6.10 Å². The molecule has 25 heavy (non-hydrogen) atoms. The normalized spacial score (nSPS) is 18.6. The highest BCUT2D eigenvalue weighted by atomic mass is 16.5. The van der Waals surface area contributed by atoms with Crippen molar-refractivity contribution in [2.45, 2.75) is 25.5 Å². The van der Waals surface area contributed by atoms with Crippen molar-refractivity contribution in [1.29, 1.82) is 0 Å². The van der Waals surface area contributed by atoms with Gasteiger partial charge >= 0.3 is 0 Å². The number of nitrogens with zero attached hydrogens (tertiary/aromatic N) is 3. The predicted octanol–water partition coefficient (Wildman–Crippen LogP) is 1.70. The van der Waals surface area contributed by atoms with Crippen molar-refractivity contribution in [1.82, 2.24) is 10.2 Å². The van der Waals surface area contributed by atoms with Gasteiger partial charge in [0.1, 0.15) is 0 Å². The van der Waals surface area contributed by atoms with Gasteiger partial charge < -0.3 is 20.1 Å². The van der Waals surface area contributed by atoms with Crippen LogP contribution in [0.1, 0.15) is 23.8 Å². The second-order valence-corrected chi connectivity index (χ2v) is 6.10. The molecule has 3 rings (SSSR count). The van der Waals surface area contributed by atoms with E-state index in [0.29, 0.717) is 37.7 Å². The van der Waals surface area contributed by atoms with Crippen molar-refractivity contribution in [2.75, 3.05) is 30.0 Å². The van der Waals surface area contributed by atoms with Gasteiger partial charge in [0.15, 0.2) is 11.5 Å². The average molecular weight is 342 g/mol. The van der Waals surface area contributed by atoms with Crippen molar-refractivity contribution in [3.8, 4) is 0 Å². The van der Waals surface area contributed by atoms with Crippen molar-refractivity contribution in [3.63, 3.8) is 0 Å². The Kier molecular flexibility index (Phi) is 5.57. The van der Waals surface area contributed by atoms with Gasteiger partial charge in [-0.25, -0.2) is 0 Å². The average Bonchev–Trinajstić information content (AvgIpc) is 2.63. The monoisotopic (exact) mass is 342 g/mol. The smallest absolute Gasteiger partial charge is 0.276 e. The van der Waals surface area contributed by atoms with Gasteiger partial charge in [-0.1, -0.05) is 18.2 Å². The Labute approximate surface area is 146 Å². The minimum atomic E-state index is -0.418. The molecule has 0 spiro atoms. The van der Waals surface area contributed by atoms with Gasteiger partial charge in [0.2, 0.25) is 0 Å². The van der Waals surface area contributed by atoms with Gasteiger partial charge in [-0.15, -0.1) is 10.2 Å². The first kappa shape index (κ1) is 17.3. The SMILES string of the molecule is CC(O)CC1COCCN1c1ccc(C(=O)Nc2ccccc2)nn1. The summed E-state index contributed by atoms with van der Waals surface area (Å²) in [5.74, 6) is 0.387. The van der Waals surface area contributed by atoms with Gasteiger partial charge in [-0.05, 0) is 37.6 Å². The number of rotatable bonds is 5. The minimum absolute atomic E-state index is 0.0482. The number of aromatic nitrogens is 2. The molecular weight excluding hydrogens is 320 g/mol. The number of aliphatic hydroxyl groups is 1. The second kappa shape index (κ2) is 8.04. The molecule has 0 saturated carbocycles. The summed E-state index contributed by atoms with van der Waals surface area (Å²) >= 11 is 0. The summed E-state index contributed by atoms with van der Waals surface area (Å²) < 4.78 is 5.50. The number of benzene rings is 1. The molecule has 1 aromatic carbocycles. The molecule has 1 aromatic heterocycles. The van der Waals surface area contributed by atoms with Crippen molar-refractivity contribution in [2.24, 2.45) is 0 Å². The van der Waals surface area contributed by atoms with Crippen LogP contribution in [0.15, 0.2) is 42.5 Å². The summed E-state index contributed by atoms with van der Waals surface area (Å²) in [6.07, 6.45) is 0.177. The third kappa shape index (κ3) is 4.52. The van der Waals surface area contributed by atoms with Crippen LogP contribution >= 0.6 is 0 Å². The topological polar surface area (TPSA) is 87.6 Å². The number of para-hydroxylation sites is 1. The van der Waals surface area contributed by atoms with Gasteiger partial charge in [0, 0.05) is 12.2 Å². The number of carbonyl (C=O) groups excluding carboxylic acids is 1. The van der Waals surface area contributed by atoms with Crippen LogP contribution in [0, 0.1) is 0 Å². The lowest BCUT2D eigenvalue weighted by Crippen LogP contribution is -2.47. The Morgan fingerprint density at radius 2 is 2.12 bits per heavy atom. The molecule has 1 aliphatic rings. The molecule has 0 bridgehead atoms. The molecule has 2 N–H and O–H groups in total. The first-order valence-electron chi connectivity index (χ1n) is 8.36. The Bertz CT molecular complexity index is 691. The van der Waals surface area contributed by atoms with Gasteiger partial charge in [-0.3, -0.25) is 4.79 Å². The van der Waals surface area contributed by atoms with E-state index >= 15 is 0 Å². The lowest BCUT2D eigenvalue weighted by atomic mass is 10.1. The lowest BCUT2D eigenvalue weighted by molar-refractivity contribution is 0.0717. The lowest BCUT2D eigenvalue weighted by Gasteiger charge is -2.36. The maximum absolute atomic E-state index is 12.2. The zero-order chi connectivity index (χ0) is 17.6. The van der Waals surface area contributed by atoms with E-state index in [1.807, 2.05) is 30.3 Å². The largest absolute Gasteiger partial charge is 0.393 e. The van der Waals surface area contributed by atoms with E-state index in [4.69, 9.17) is 4.74 Å². The molecule has 132 valence electrons. The molecule has 1 aliphatic heterocycles. The molecular formula is C18H22N4O3. The number of carbonyl (C=O) groups is 1. The molecule has 0 aliphatic carbocycles. The first-order chi connectivity index (χ1) is 12.1. The summed E-state index contributed by atoms with van der Waals surface area (Å²) in [7, 11) is 0. The molecule has 7 nitrogen and oxygen atoms in total. The van der Waals surface area contributed by atoms with Crippen molar-refractivity contribution >= 4 is 17.4 Å². The van der Waals surface area contributed by atoms with Crippen LogP contribution < -0.4 is 10.2 Å². The van der Waals surface area contributed by atoms with Crippen LogP contribution in [-0.2, 0) is 4.74 Å². The Morgan fingerprint density at radius 3 is 2.80 bits per heavy atom. The number of anilines is 2. The Morgan fingerprint density at radius 1 is 1.32 bits per heavy atom. The highest BCUT2D eigenvalue weighted by molar-refractivity contribution is 6.02. The fraction of sp³-hybridized carbons (Fsp3) is 0.389. The number of amides is 1. The predicted molar refractivity (Wildman–Crippen MR) is 94.7 cm³/mol. The highest BCUT2D eigenvalue weighted by Gasteiger charge is 2.26. The Hall–Kier alpha value is -2.51. The fourth-order valence-electron chi connectivity index (χ4n) is 2.86. The number of nitrogens with one attached hydrogen (secondary N) is 1. The molecule has 2 aromatic rings. The minimum Gasteiger partial charge on any atom is -0.393 e. The number of aliphatic hydroxyl groups excluding tert-OH is 1. The second-order valence-electron chi connectivity index (χ2n) is 6.10. The van der Waals surface area contributed by atoms with E-state index in [2.05, 4.69) is 20.4 Å². The maximum atomic E-state index is 12.2. The molecule has 2 heterocycles. The quantitative estimate of drug-likeness (QED) is 0.860. The third-order valence-corrected chi connectivity index (χ3v) is 4.05. The highest BCUT2D eigenvalue weighted by Crippen LogP contribution is 2.20. The van der Waals surface area contributed by atoms with Crippen molar-refractivity contribution < 1.29 is 14.6 Å². The Balaban J connectivity index is 1.69. The van der Waals surface area contributed by atoms with Crippen LogP contribution in [-0.4, -0.2) is 53.1 Å². The van der Waals surface area contributed by atoms with E-state index in [1.165, 1.54) is 0 Å². The summed E-state index contributed by atoms with van der Waals surface area (Å²) in [5.41, 5.74) is 0.969. The standard InChI is InChI=1S/C18H22N4O3/c1-13(23)11-15-12-25-10-9-22(15)17-8-7-16(20-21-17)18(24)19-14-5-3-2-4-6-14/h2-8,13,15,23H,9-12H2,1H3,(H,19,24). The van der Waals surface area contributed by atoms with E-state index in [-0.39, 0.29) is 17.6 Å².